The molecule has 0 aliphatic carbocycles. The van der Waals surface area contributed by atoms with Crippen molar-refractivity contribution >= 4 is 5.97 Å². The number of hydrogen-bond acceptors (Lipinski definition) is 6. The SMILES string of the molecule is CCCCOCCOC(=O)[C@@H](N)Cc1ncc(-c2ccccc2)o1. The maximum atomic E-state index is 11.8. The van der Waals surface area contributed by atoms with Gasteiger partial charge in [-0.15, -0.1) is 0 Å². The molecule has 0 unspecified atom stereocenters. The van der Waals surface area contributed by atoms with Gasteiger partial charge in [-0.3, -0.25) is 4.79 Å². The highest BCUT2D eigenvalue weighted by molar-refractivity contribution is 5.75. The average Bonchev–Trinajstić information content (AvgIpc) is 3.07. The van der Waals surface area contributed by atoms with Gasteiger partial charge in [0, 0.05) is 12.2 Å². The first-order chi connectivity index (χ1) is 11.7. The van der Waals surface area contributed by atoms with Crippen LogP contribution in [0, 0.1) is 0 Å². The average molecular weight is 332 g/mol. The van der Waals surface area contributed by atoms with Crippen molar-refractivity contribution < 1.29 is 18.7 Å². The Labute approximate surface area is 142 Å². The maximum absolute atomic E-state index is 11.8. The molecule has 24 heavy (non-hydrogen) atoms. The molecule has 130 valence electrons. The van der Waals surface area contributed by atoms with Gasteiger partial charge in [-0.1, -0.05) is 43.7 Å². The lowest BCUT2D eigenvalue weighted by molar-refractivity contribution is -0.146. The number of unbranched alkanes of at least 4 members (excludes halogenated alkanes) is 1. The number of oxazole rings is 1. The van der Waals surface area contributed by atoms with Crippen LogP contribution < -0.4 is 5.73 Å². The number of rotatable bonds is 10. The second kappa shape index (κ2) is 9.85. The molecule has 0 saturated carbocycles. The van der Waals surface area contributed by atoms with Crippen LogP contribution in [0.25, 0.3) is 11.3 Å². The molecule has 1 atom stereocenters. The van der Waals surface area contributed by atoms with Crippen LogP contribution in [-0.2, 0) is 20.7 Å². The summed E-state index contributed by atoms with van der Waals surface area (Å²) in [6.45, 7) is 3.36. The van der Waals surface area contributed by atoms with E-state index in [1.54, 1.807) is 6.20 Å². The van der Waals surface area contributed by atoms with E-state index in [4.69, 9.17) is 19.6 Å². The monoisotopic (exact) mass is 332 g/mol. The van der Waals surface area contributed by atoms with E-state index in [9.17, 15) is 4.79 Å². The first-order valence-electron chi connectivity index (χ1n) is 8.20. The van der Waals surface area contributed by atoms with E-state index >= 15 is 0 Å². The molecule has 1 aromatic heterocycles. The standard InChI is InChI=1S/C18H24N2O4/c1-2-3-9-22-10-11-23-18(21)15(19)12-17-20-13-16(24-17)14-7-5-4-6-8-14/h4-8,13,15H,2-3,9-12,19H2,1H3/t15-/m0/s1. The highest BCUT2D eigenvalue weighted by atomic mass is 16.6. The summed E-state index contributed by atoms with van der Waals surface area (Å²) < 4.78 is 16.1. The zero-order valence-electron chi connectivity index (χ0n) is 13.9. The number of aromatic nitrogens is 1. The number of benzene rings is 1. The Kier molecular flexibility index (Phi) is 7.45. The predicted octanol–water partition coefficient (Wildman–Crippen LogP) is 2.57. The van der Waals surface area contributed by atoms with Gasteiger partial charge < -0.3 is 19.6 Å². The van der Waals surface area contributed by atoms with Crippen molar-refractivity contribution in [1.82, 2.24) is 4.98 Å². The van der Waals surface area contributed by atoms with E-state index in [-0.39, 0.29) is 13.0 Å². The minimum Gasteiger partial charge on any atom is -0.462 e. The molecule has 1 aromatic carbocycles. The fraction of sp³-hybridized carbons (Fsp3) is 0.444. The molecular weight excluding hydrogens is 308 g/mol. The molecule has 2 aromatic rings. The van der Waals surface area contributed by atoms with E-state index in [1.807, 2.05) is 30.3 Å². The number of nitrogens with zero attached hydrogens (tertiary/aromatic N) is 1. The van der Waals surface area contributed by atoms with Gasteiger partial charge in [-0.2, -0.15) is 0 Å². The van der Waals surface area contributed by atoms with Gasteiger partial charge in [0.25, 0.3) is 0 Å². The molecule has 0 radical (unpaired) electrons. The van der Waals surface area contributed by atoms with E-state index in [0.717, 1.165) is 18.4 Å². The summed E-state index contributed by atoms with van der Waals surface area (Å²) >= 11 is 0. The lowest BCUT2D eigenvalue weighted by atomic mass is 10.2. The summed E-state index contributed by atoms with van der Waals surface area (Å²) in [6.07, 6.45) is 3.90. The molecule has 6 nitrogen and oxygen atoms in total. The fourth-order valence-corrected chi connectivity index (χ4v) is 2.07. The Balaban J connectivity index is 1.75. The van der Waals surface area contributed by atoms with Crippen molar-refractivity contribution in [1.29, 1.82) is 0 Å². The molecule has 0 saturated heterocycles. The van der Waals surface area contributed by atoms with Crippen molar-refractivity contribution in [2.75, 3.05) is 19.8 Å². The Hall–Kier alpha value is -2.18. The minimum atomic E-state index is -0.803. The summed E-state index contributed by atoms with van der Waals surface area (Å²) in [5, 5.41) is 0. The third kappa shape index (κ3) is 5.79. The Morgan fingerprint density at radius 2 is 2.04 bits per heavy atom. The highest BCUT2D eigenvalue weighted by Crippen LogP contribution is 2.20. The maximum Gasteiger partial charge on any atom is 0.323 e. The molecule has 2 N–H and O–H groups in total. The number of nitrogens with two attached hydrogens (primary N) is 1. The zero-order valence-corrected chi connectivity index (χ0v) is 13.9. The van der Waals surface area contributed by atoms with Crippen LogP contribution in [0.2, 0.25) is 0 Å². The zero-order chi connectivity index (χ0) is 17.2. The predicted molar refractivity (Wildman–Crippen MR) is 90.3 cm³/mol. The quantitative estimate of drug-likeness (QED) is 0.531. The number of esters is 1. The molecule has 2 rings (SSSR count). The molecule has 0 aliphatic heterocycles. The van der Waals surface area contributed by atoms with Crippen LogP contribution in [0.15, 0.2) is 40.9 Å². The first kappa shape index (κ1) is 18.2. The van der Waals surface area contributed by atoms with Gasteiger partial charge in [-0.25, -0.2) is 4.98 Å². The van der Waals surface area contributed by atoms with Crippen molar-refractivity contribution in [2.24, 2.45) is 5.73 Å². The fourth-order valence-electron chi connectivity index (χ4n) is 2.07. The number of carbonyl (C=O) groups is 1. The molecule has 0 fully saturated rings. The van der Waals surface area contributed by atoms with Gasteiger partial charge in [-0.05, 0) is 6.42 Å². The number of carbonyl (C=O) groups excluding carboxylic acids is 1. The van der Waals surface area contributed by atoms with Crippen molar-refractivity contribution in [3.63, 3.8) is 0 Å². The summed E-state index contributed by atoms with van der Waals surface area (Å²) in [6, 6.07) is 8.82. The molecule has 0 amide bonds. The molecule has 0 bridgehead atoms. The van der Waals surface area contributed by atoms with Gasteiger partial charge in [0.15, 0.2) is 11.7 Å². The van der Waals surface area contributed by atoms with Crippen molar-refractivity contribution in [3.8, 4) is 11.3 Å². The van der Waals surface area contributed by atoms with Crippen LogP contribution in [-0.4, -0.2) is 36.8 Å². The second-order valence-corrected chi connectivity index (χ2v) is 5.43. The van der Waals surface area contributed by atoms with Crippen molar-refractivity contribution in [3.05, 3.63) is 42.4 Å². The van der Waals surface area contributed by atoms with E-state index in [0.29, 0.717) is 24.9 Å². The minimum absolute atomic E-state index is 0.197. The Morgan fingerprint density at radius 1 is 1.25 bits per heavy atom. The summed E-state index contributed by atoms with van der Waals surface area (Å²) in [7, 11) is 0. The van der Waals surface area contributed by atoms with Gasteiger partial charge in [0.1, 0.15) is 12.6 Å². The van der Waals surface area contributed by atoms with Crippen LogP contribution in [0.1, 0.15) is 25.7 Å². The number of hydrogen-bond donors (Lipinski definition) is 1. The summed E-state index contributed by atoms with van der Waals surface area (Å²) in [5.74, 6) is 0.585. The van der Waals surface area contributed by atoms with Gasteiger partial charge in [0.05, 0.1) is 19.2 Å². The van der Waals surface area contributed by atoms with Gasteiger partial charge in [0.2, 0.25) is 0 Å². The smallest absolute Gasteiger partial charge is 0.323 e. The van der Waals surface area contributed by atoms with Gasteiger partial charge >= 0.3 is 5.97 Å². The third-order valence-electron chi connectivity index (χ3n) is 3.42. The van der Waals surface area contributed by atoms with Crippen LogP contribution >= 0.6 is 0 Å². The second-order valence-electron chi connectivity index (χ2n) is 5.43. The Bertz CT molecular complexity index is 612. The molecule has 6 heteroatoms. The molecule has 1 heterocycles. The van der Waals surface area contributed by atoms with Crippen molar-refractivity contribution in [2.45, 2.75) is 32.2 Å². The Morgan fingerprint density at radius 3 is 2.79 bits per heavy atom. The summed E-state index contributed by atoms with van der Waals surface area (Å²) in [4.78, 5) is 16.0. The molecular formula is C18H24N2O4. The molecule has 0 spiro atoms. The highest BCUT2D eigenvalue weighted by Gasteiger charge is 2.18. The normalized spacial score (nSPS) is 12.1. The third-order valence-corrected chi connectivity index (χ3v) is 3.42. The van der Waals surface area contributed by atoms with Crippen LogP contribution in [0.5, 0.6) is 0 Å². The largest absolute Gasteiger partial charge is 0.462 e. The first-order valence-corrected chi connectivity index (χ1v) is 8.20. The van der Waals surface area contributed by atoms with E-state index in [1.165, 1.54) is 0 Å². The van der Waals surface area contributed by atoms with E-state index in [2.05, 4.69) is 11.9 Å². The van der Waals surface area contributed by atoms with E-state index < -0.39 is 12.0 Å². The van der Waals surface area contributed by atoms with Crippen LogP contribution in [0.3, 0.4) is 0 Å². The lowest BCUT2D eigenvalue weighted by Gasteiger charge is -2.10. The lowest BCUT2D eigenvalue weighted by Crippen LogP contribution is -2.35. The number of ether oxygens (including phenoxy) is 2. The molecule has 0 aliphatic rings. The summed E-state index contributed by atoms with van der Waals surface area (Å²) in [5.41, 5.74) is 6.77. The topological polar surface area (TPSA) is 87.6 Å². The van der Waals surface area contributed by atoms with Crippen LogP contribution in [0.4, 0.5) is 0 Å².